The Hall–Kier alpha value is -0.650. The van der Waals surface area contributed by atoms with Crippen LogP contribution in [-0.2, 0) is 14.3 Å². The lowest BCUT2D eigenvalue weighted by Gasteiger charge is -2.35. The number of nitrogens with two attached hydrogens (primary N) is 1. The minimum absolute atomic E-state index is 0.206. The van der Waals surface area contributed by atoms with Crippen LogP contribution in [0.1, 0.15) is 12.8 Å². The van der Waals surface area contributed by atoms with Crippen LogP contribution in [-0.4, -0.2) is 56.9 Å². The lowest BCUT2D eigenvalue weighted by molar-refractivity contribution is -0.148. The van der Waals surface area contributed by atoms with E-state index >= 15 is 0 Å². The Bertz CT molecular complexity index is 211. The molecule has 5 heteroatoms. The molecule has 2 unspecified atom stereocenters. The number of likely N-dealkylation sites (tertiary alicyclic amines) is 1. The Balaban J connectivity index is 2.55. The number of methoxy groups -OCH3 is 2. The molecular weight excluding hydrogens is 196 g/mol. The third kappa shape index (κ3) is 3.15. The highest BCUT2D eigenvalue weighted by Crippen LogP contribution is 2.15. The van der Waals surface area contributed by atoms with Crippen LogP contribution < -0.4 is 5.73 Å². The van der Waals surface area contributed by atoms with Crippen LogP contribution in [0.15, 0.2) is 0 Å². The molecule has 0 amide bonds. The minimum atomic E-state index is -0.326. The van der Waals surface area contributed by atoms with E-state index in [4.69, 9.17) is 15.2 Å². The van der Waals surface area contributed by atoms with Crippen molar-refractivity contribution in [3.63, 3.8) is 0 Å². The fourth-order valence-corrected chi connectivity index (χ4v) is 1.97. The molecule has 0 bridgehead atoms. The summed E-state index contributed by atoms with van der Waals surface area (Å²) in [5.74, 6) is -0.255. The van der Waals surface area contributed by atoms with E-state index < -0.39 is 0 Å². The molecule has 0 aromatic rings. The maximum Gasteiger partial charge on any atom is 0.324 e. The predicted molar refractivity (Wildman–Crippen MR) is 56.5 cm³/mol. The van der Waals surface area contributed by atoms with E-state index in [2.05, 4.69) is 0 Å². The summed E-state index contributed by atoms with van der Waals surface area (Å²) in [6.45, 7) is 1.94. The van der Waals surface area contributed by atoms with Gasteiger partial charge in [0.15, 0.2) is 0 Å². The normalized spacial score (nSPS) is 24.9. The number of carbonyl (C=O) groups excluding carboxylic acids is 1. The lowest BCUT2D eigenvalue weighted by atomic mass is 10.1. The summed E-state index contributed by atoms with van der Waals surface area (Å²) in [4.78, 5) is 13.5. The second-order valence-corrected chi connectivity index (χ2v) is 3.77. The van der Waals surface area contributed by atoms with Gasteiger partial charge in [-0.2, -0.15) is 0 Å². The zero-order valence-electron chi connectivity index (χ0n) is 9.44. The molecule has 0 spiro atoms. The summed E-state index contributed by atoms with van der Waals surface area (Å²) < 4.78 is 10.0. The topological polar surface area (TPSA) is 64.8 Å². The molecule has 1 heterocycles. The number of hydrogen-bond acceptors (Lipinski definition) is 5. The number of piperidine rings is 1. The molecule has 1 rings (SSSR count). The summed E-state index contributed by atoms with van der Waals surface area (Å²) in [5.41, 5.74) is 5.58. The number of nitrogens with zero attached hydrogens (tertiary/aromatic N) is 1. The van der Waals surface area contributed by atoms with Crippen LogP contribution in [0, 0.1) is 0 Å². The van der Waals surface area contributed by atoms with E-state index in [1.165, 1.54) is 7.11 Å². The summed E-state index contributed by atoms with van der Waals surface area (Å²) in [6.07, 6.45) is 2.29. The molecule has 0 aliphatic carbocycles. The largest absolute Gasteiger partial charge is 0.468 e. The molecule has 1 saturated heterocycles. The third-order valence-electron chi connectivity index (χ3n) is 2.88. The van der Waals surface area contributed by atoms with Gasteiger partial charge < -0.3 is 15.2 Å². The van der Waals surface area contributed by atoms with Gasteiger partial charge in [0.2, 0.25) is 0 Å². The molecule has 2 N–H and O–H groups in total. The van der Waals surface area contributed by atoms with E-state index in [0.29, 0.717) is 6.54 Å². The number of hydrogen-bond donors (Lipinski definition) is 1. The van der Waals surface area contributed by atoms with Crippen molar-refractivity contribution in [3.8, 4) is 0 Å². The van der Waals surface area contributed by atoms with Crippen LogP contribution in [0.2, 0.25) is 0 Å². The quantitative estimate of drug-likeness (QED) is 0.648. The van der Waals surface area contributed by atoms with Gasteiger partial charge in [-0.3, -0.25) is 9.69 Å². The number of carbonyl (C=O) groups is 1. The monoisotopic (exact) mass is 216 g/mol. The van der Waals surface area contributed by atoms with Crippen LogP contribution in [0.5, 0.6) is 0 Å². The van der Waals surface area contributed by atoms with Gasteiger partial charge in [0.25, 0.3) is 0 Å². The second kappa shape index (κ2) is 6.05. The van der Waals surface area contributed by atoms with Gasteiger partial charge in [0.05, 0.1) is 13.2 Å². The smallest absolute Gasteiger partial charge is 0.324 e. The second-order valence-electron chi connectivity index (χ2n) is 3.77. The van der Waals surface area contributed by atoms with Gasteiger partial charge >= 0.3 is 5.97 Å². The first-order valence-corrected chi connectivity index (χ1v) is 5.27. The van der Waals surface area contributed by atoms with Crippen LogP contribution in [0.4, 0.5) is 0 Å². The molecule has 15 heavy (non-hydrogen) atoms. The number of esters is 1. The standard InChI is InChI=1S/C10H20N2O3/c1-14-8-4-3-5-12(7-8)9(6-11)10(13)15-2/h8-9H,3-7,11H2,1-2H3. The highest BCUT2D eigenvalue weighted by atomic mass is 16.5. The molecule has 1 aliphatic rings. The Labute approximate surface area is 90.5 Å². The van der Waals surface area contributed by atoms with Crippen molar-refractivity contribution in [1.29, 1.82) is 0 Å². The highest BCUT2D eigenvalue weighted by Gasteiger charge is 2.29. The average Bonchev–Trinajstić information content (AvgIpc) is 2.30. The summed E-state index contributed by atoms with van der Waals surface area (Å²) >= 11 is 0. The van der Waals surface area contributed by atoms with Crippen molar-refractivity contribution in [1.82, 2.24) is 4.90 Å². The van der Waals surface area contributed by atoms with E-state index in [9.17, 15) is 4.79 Å². The molecule has 0 radical (unpaired) electrons. The molecule has 5 nitrogen and oxygen atoms in total. The van der Waals surface area contributed by atoms with Crippen molar-refractivity contribution in [3.05, 3.63) is 0 Å². The van der Waals surface area contributed by atoms with Crippen LogP contribution >= 0.6 is 0 Å². The Morgan fingerprint density at radius 2 is 2.33 bits per heavy atom. The Kier molecular flexibility index (Phi) is 5.01. The van der Waals surface area contributed by atoms with Crippen molar-refractivity contribution < 1.29 is 14.3 Å². The van der Waals surface area contributed by atoms with Gasteiger partial charge in [-0.25, -0.2) is 0 Å². The highest BCUT2D eigenvalue weighted by molar-refractivity contribution is 5.75. The molecule has 0 saturated carbocycles. The first-order chi connectivity index (χ1) is 7.22. The predicted octanol–water partition coefficient (Wildman–Crippen LogP) is -0.402. The molecule has 88 valence electrons. The van der Waals surface area contributed by atoms with E-state index in [1.54, 1.807) is 7.11 Å². The Morgan fingerprint density at radius 1 is 1.60 bits per heavy atom. The van der Waals surface area contributed by atoms with E-state index in [-0.39, 0.29) is 18.1 Å². The van der Waals surface area contributed by atoms with Crippen molar-refractivity contribution in [2.24, 2.45) is 5.73 Å². The van der Waals surface area contributed by atoms with Crippen LogP contribution in [0.3, 0.4) is 0 Å². The Morgan fingerprint density at radius 3 is 2.87 bits per heavy atom. The molecule has 0 aromatic carbocycles. The van der Waals surface area contributed by atoms with Crippen LogP contribution in [0.25, 0.3) is 0 Å². The molecule has 2 atom stereocenters. The summed E-state index contributed by atoms with van der Waals surface area (Å²) in [6, 6.07) is -0.326. The first-order valence-electron chi connectivity index (χ1n) is 5.27. The van der Waals surface area contributed by atoms with Crippen molar-refractivity contribution in [2.45, 2.75) is 25.0 Å². The summed E-state index contributed by atoms with van der Waals surface area (Å²) in [5, 5.41) is 0. The zero-order valence-corrected chi connectivity index (χ0v) is 9.44. The lowest BCUT2D eigenvalue weighted by Crippen LogP contribution is -2.52. The van der Waals surface area contributed by atoms with Gasteiger partial charge in [-0.05, 0) is 19.4 Å². The maximum absolute atomic E-state index is 11.5. The van der Waals surface area contributed by atoms with E-state index in [0.717, 1.165) is 25.9 Å². The molecule has 1 aliphatic heterocycles. The maximum atomic E-state index is 11.5. The third-order valence-corrected chi connectivity index (χ3v) is 2.88. The van der Waals surface area contributed by atoms with Gasteiger partial charge in [0, 0.05) is 20.2 Å². The molecule has 0 aromatic heterocycles. The molecular formula is C10H20N2O3. The van der Waals surface area contributed by atoms with E-state index in [1.807, 2.05) is 4.90 Å². The van der Waals surface area contributed by atoms with Crippen molar-refractivity contribution >= 4 is 5.97 Å². The number of rotatable bonds is 4. The average molecular weight is 216 g/mol. The fourth-order valence-electron chi connectivity index (χ4n) is 1.97. The zero-order chi connectivity index (χ0) is 11.3. The summed E-state index contributed by atoms with van der Waals surface area (Å²) in [7, 11) is 3.09. The van der Waals surface area contributed by atoms with Gasteiger partial charge in [0.1, 0.15) is 6.04 Å². The molecule has 1 fully saturated rings. The van der Waals surface area contributed by atoms with Gasteiger partial charge in [-0.1, -0.05) is 0 Å². The van der Waals surface area contributed by atoms with Gasteiger partial charge in [-0.15, -0.1) is 0 Å². The fraction of sp³-hybridized carbons (Fsp3) is 0.900. The minimum Gasteiger partial charge on any atom is -0.468 e. The number of ether oxygens (including phenoxy) is 2. The van der Waals surface area contributed by atoms with Crippen molar-refractivity contribution in [2.75, 3.05) is 33.9 Å². The SMILES string of the molecule is COC(=O)C(CN)N1CCCC(OC)C1. The first kappa shape index (κ1) is 12.4.